The summed E-state index contributed by atoms with van der Waals surface area (Å²) in [7, 11) is 0. The molecule has 2 rings (SSSR count). The number of hydrogen-bond donors (Lipinski definition) is 2. The maximum absolute atomic E-state index is 12.0. The third kappa shape index (κ3) is 6.25. The molecule has 0 saturated heterocycles. The molecule has 0 aliphatic carbocycles. The summed E-state index contributed by atoms with van der Waals surface area (Å²) in [6.07, 6.45) is 0.904. The Hall–Kier alpha value is -2.22. The number of hydrogen-bond acceptors (Lipinski definition) is 3. The van der Waals surface area contributed by atoms with E-state index in [-0.39, 0.29) is 24.7 Å². The van der Waals surface area contributed by atoms with Gasteiger partial charge in [0.15, 0.2) is 0 Å². The van der Waals surface area contributed by atoms with Crippen molar-refractivity contribution in [1.82, 2.24) is 5.43 Å². The molecule has 0 radical (unpaired) electrons. The molecule has 26 heavy (non-hydrogen) atoms. The molecular weight excluding hydrogens is 441 g/mol. The van der Waals surface area contributed by atoms with E-state index in [1.165, 1.54) is 0 Å². The Kier molecular flexibility index (Phi) is 7.77. The van der Waals surface area contributed by atoms with Crippen LogP contribution >= 0.6 is 22.6 Å². The van der Waals surface area contributed by atoms with Crippen LogP contribution in [0.4, 0.5) is 5.69 Å². The van der Waals surface area contributed by atoms with E-state index in [1.807, 2.05) is 62.4 Å². The van der Waals surface area contributed by atoms with Gasteiger partial charge in [0.25, 0.3) is 0 Å². The van der Waals surface area contributed by atoms with E-state index in [4.69, 9.17) is 0 Å². The number of halogens is 1. The van der Waals surface area contributed by atoms with E-state index in [9.17, 15) is 9.59 Å². The summed E-state index contributed by atoms with van der Waals surface area (Å²) in [5, 5.41) is 7.02. The summed E-state index contributed by atoms with van der Waals surface area (Å²) < 4.78 is 1.11. The van der Waals surface area contributed by atoms with Gasteiger partial charge in [0.2, 0.25) is 11.8 Å². The van der Waals surface area contributed by atoms with Crippen LogP contribution in [0.3, 0.4) is 0 Å². The molecule has 0 atom stereocenters. The molecule has 2 N–H and O–H groups in total. The number of benzene rings is 2. The van der Waals surface area contributed by atoms with E-state index in [0.717, 1.165) is 26.1 Å². The predicted molar refractivity (Wildman–Crippen MR) is 113 cm³/mol. The number of hydrazone groups is 1. The maximum atomic E-state index is 12.0. The first-order chi connectivity index (χ1) is 12.5. The summed E-state index contributed by atoms with van der Waals surface area (Å²) >= 11 is 2.22. The average Bonchev–Trinajstić information content (AvgIpc) is 2.64. The Morgan fingerprint density at radius 3 is 2.38 bits per heavy atom. The molecule has 0 aromatic heterocycles. The number of nitrogens with one attached hydrogen (secondary N) is 2. The van der Waals surface area contributed by atoms with Crippen LogP contribution in [0, 0.1) is 10.5 Å². The van der Waals surface area contributed by atoms with Gasteiger partial charge in [-0.2, -0.15) is 5.10 Å². The first-order valence-corrected chi connectivity index (χ1v) is 9.54. The lowest BCUT2D eigenvalue weighted by Crippen LogP contribution is -2.22. The second kappa shape index (κ2) is 10.1. The number of amides is 2. The third-order valence-electron chi connectivity index (χ3n) is 3.80. The van der Waals surface area contributed by atoms with Crippen LogP contribution in [0.5, 0.6) is 0 Å². The SMILES string of the molecule is CC/C(=N\NC(=O)CCC(=O)Nc1ccc(I)cc1C)c1ccccc1. The summed E-state index contributed by atoms with van der Waals surface area (Å²) in [6.45, 7) is 3.92. The van der Waals surface area contributed by atoms with Crippen molar-refractivity contribution >= 4 is 45.8 Å². The van der Waals surface area contributed by atoms with Gasteiger partial charge < -0.3 is 5.32 Å². The van der Waals surface area contributed by atoms with Gasteiger partial charge in [-0.05, 0) is 65.3 Å². The van der Waals surface area contributed by atoms with Crippen LogP contribution in [0.2, 0.25) is 0 Å². The summed E-state index contributed by atoms with van der Waals surface area (Å²) in [5.41, 5.74) is 6.08. The van der Waals surface area contributed by atoms with Crippen LogP contribution in [-0.2, 0) is 9.59 Å². The number of nitrogens with zero attached hydrogens (tertiary/aromatic N) is 1. The molecule has 2 aromatic rings. The third-order valence-corrected chi connectivity index (χ3v) is 4.47. The number of anilines is 1. The zero-order valence-corrected chi connectivity index (χ0v) is 17.0. The maximum Gasteiger partial charge on any atom is 0.240 e. The van der Waals surface area contributed by atoms with E-state index in [2.05, 4.69) is 38.4 Å². The van der Waals surface area contributed by atoms with Gasteiger partial charge in [-0.3, -0.25) is 9.59 Å². The highest BCUT2D eigenvalue weighted by Gasteiger charge is 2.09. The minimum absolute atomic E-state index is 0.0878. The molecule has 5 nitrogen and oxygen atoms in total. The van der Waals surface area contributed by atoms with E-state index < -0.39 is 0 Å². The van der Waals surface area contributed by atoms with Gasteiger partial charge in [0.05, 0.1) is 5.71 Å². The van der Waals surface area contributed by atoms with Crippen molar-refractivity contribution < 1.29 is 9.59 Å². The molecule has 6 heteroatoms. The molecule has 0 saturated carbocycles. The second-order valence-corrected chi connectivity index (χ2v) is 7.07. The largest absolute Gasteiger partial charge is 0.326 e. The monoisotopic (exact) mass is 463 g/mol. The molecular formula is C20H22IN3O2. The zero-order chi connectivity index (χ0) is 18.9. The van der Waals surface area contributed by atoms with Crippen molar-refractivity contribution in [2.75, 3.05) is 5.32 Å². The Bertz CT molecular complexity index is 804. The van der Waals surface area contributed by atoms with Crippen molar-refractivity contribution in [1.29, 1.82) is 0 Å². The molecule has 0 aliphatic rings. The Morgan fingerprint density at radius 1 is 1.04 bits per heavy atom. The van der Waals surface area contributed by atoms with Crippen molar-refractivity contribution in [3.63, 3.8) is 0 Å². The average molecular weight is 463 g/mol. The van der Waals surface area contributed by atoms with Gasteiger partial charge in [-0.25, -0.2) is 5.43 Å². The second-order valence-electron chi connectivity index (χ2n) is 5.82. The summed E-state index contributed by atoms with van der Waals surface area (Å²) in [6, 6.07) is 15.5. The molecule has 0 unspecified atom stereocenters. The van der Waals surface area contributed by atoms with Crippen molar-refractivity contribution in [2.45, 2.75) is 33.1 Å². The lowest BCUT2D eigenvalue weighted by molar-refractivity contribution is -0.124. The van der Waals surface area contributed by atoms with Gasteiger partial charge in [-0.15, -0.1) is 0 Å². The van der Waals surface area contributed by atoms with Crippen LogP contribution < -0.4 is 10.7 Å². The smallest absolute Gasteiger partial charge is 0.240 e. The number of carbonyl (C=O) groups is 2. The topological polar surface area (TPSA) is 70.6 Å². The predicted octanol–water partition coefficient (Wildman–Crippen LogP) is 4.25. The quantitative estimate of drug-likeness (QED) is 0.366. The molecule has 0 bridgehead atoms. The molecule has 2 amide bonds. The van der Waals surface area contributed by atoms with Gasteiger partial charge in [-0.1, -0.05) is 37.3 Å². The van der Waals surface area contributed by atoms with Crippen LogP contribution in [0.25, 0.3) is 0 Å². The van der Waals surface area contributed by atoms with Gasteiger partial charge in [0, 0.05) is 22.1 Å². The van der Waals surface area contributed by atoms with Crippen LogP contribution in [0.15, 0.2) is 53.6 Å². The lowest BCUT2D eigenvalue weighted by atomic mass is 10.1. The molecule has 0 fully saturated rings. The van der Waals surface area contributed by atoms with E-state index >= 15 is 0 Å². The Morgan fingerprint density at radius 2 is 1.73 bits per heavy atom. The van der Waals surface area contributed by atoms with E-state index in [0.29, 0.717) is 6.42 Å². The molecule has 0 spiro atoms. The first-order valence-electron chi connectivity index (χ1n) is 8.46. The van der Waals surface area contributed by atoms with Crippen LogP contribution in [0.1, 0.15) is 37.3 Å². The molecule has 0 aliphatic heterocycles. The normalized spacial score (nSPS) is 11.1. The Balaban J connectivity index is 1.84. The minimum atomic E-state index is -0.277. The summed E-state index contributed by atoms with van der Waals surface area (Å²) in [5.74, 6) is -0.464. The van der Waals surface area contributed by atoms with Crippen molar-refractivity contribution in [2.24, 2.45) is 5.10 Å². The van der Waals surface area contributed by atoms with Crippen molar-refractivity contribution in [3.05, 3.63) is 63.2 Å². The molecule has 2 aromatic carbocycles. The number of aryl methyl sites for hydroxylation is 1. The lowest BCUT2D eigenvalue weighted by Gasteiger charge is -2.09. The standard InChI is InChI=1S/C20H22IN3O2/c1-3-17(15-7-5-4-6-8-15)23-24-20(26)12-11-19(25)22-18-10-9-16(21)13-14(18)2/h4-10,13H,3,11-12H2,1-2H3,(H,22,25)(H,24,26)/b23-17+. The van der Waals surface area contributed by atoms with Gasteiger partial charge >= 0.3 is 0 Å². The van der Waals surface area contributed by atoms with Gasteiger partial charge in [0.1, 0.15) is 0 Å². The zero-order valence-electron chi connectivity index (χ0n) is 14.9. The fraction of sp³-hybridized carbons (Fsp3) is 0.250. The van der Waals surface area contributed by atoms with Crippen LogP contribution in [-0.4, -0.2) is 17.5 Å². The fourth-order valence-electron chi connectivity index (χ4n) is 2.37. The number of carbonyl (C=O) groups excluding carboxylic acids is 2. The Labute approximate surface area is 167 Å². The molecule has 0 heterocycles. The highest BCUT2D eigenvalue weighted by Crippen LogP contribution is 2.18. The highest BCUT2D eigenvalue weighted by molar-refractivity contribution is 14.1. The fourth-order valence-corrected chi connectivity index (χ4v) is 3.02. The minimum Gasteiger partial charge on any atom is -0.326 e. The number of rotatable bonds is 7. The summed E-state index contributed by atoms with van der Waals surface area (Å²) in [4.78, 5) is 24.0. The first kappa shape index (κ1) is 20.1. The van der Waals surface area contributed by atoms with Crippen molar-refractivity contribution in [3.8, 4) is 0 Å². The molecule has 136 valence electrons. The highest BCUT2D eigenvalue weighted by atomic mass is 127. The van der Waals surface area contributed by atoms with E-state index in [1.54, 1.807) is 0 Å².